The van der Waals surface area contributed by atoms with E-state index in [-0.39, 0.29) is 19.0 Å². The van der Waals surface area contributed by atoms with Crippen LogP contribution in [-0.4, -0.2) is 41.5 Å². The third kappa shape index (κ3) is 5.33. The second-order valence-corrected chi connectivity index (χ2v) is 4.09. The van der Waals surface area contributed by atoms with Crippen LogP contribution < -0.4 is 5.32 Å². The first-order valence-corrected chi connectivity index (χ1v) is 5.90. The quantitative estimate of drug-likeness (QED) is 0.725. The van der Waals surface area contributed by atoms with Crippen LogP contribution in [0.4, 0.5) is 5.69 Å². The summed E-state index contributed by atoms with van der Waals surface area (Å²) in [6, 6.07) is 8.40. The summed E-state index contributed by atoms with van der Waals surface area (Å²) in [7, 11) is 0. The monoisotopic (exact) mass is 273 g/mol. The average molecular weight is 273 g/mol. The number of benzene rings is 1. The lowest BCUT2D eigenvalue weighted by atomic mass is 10.2. The summed E-state index contributed by atoms with van der Waals surface area (Å²) < 4.78 is 0. The summed E-state index contributed by atoms with van der Waals surface area (Å²) in [6.45, 7) is 3.56. The van der Waals surface area contributed by atoms with E-state index in [0.29, 0.717) is 17.8 Å². The second-order valence-electron chi connectivity index (χ2n) is 4.09. The van der Waals surface area contributed by atoms with Crippen molar-refractivity contribution in [2.45, 2.75) is 0 Å². The van der Waals surface area contributed by atoms with Gasteiger partial charge in [-0.3, -0.25) is 14.5 Å². The Balaban J connectivity index is 2.58. The maximum Gasteiger partial charge on any atom is 0.317 e. The molecule has 6 nitrogen and oxygen atoms in total. The van der Waals surface area contributed by atoms with Crippen molar-refractivity contribution in [1.29, 1.82) is 5.26 Å². The minimum atomic E-state index is -1.00. The molecule has 0 aliphatic heterocycles. The van der Waals surface area contributed by atoms with E-state index in [9.17, 15) is 9.59 Å². The van der Waals surface area contributed by atoms with Crippen LogP contribution in [0.5, 0.6) is 0 Å². The van der Waals surface area contributed by atoms with Gasteiger partial charge in [0.1, 0.15) is 0 Å². The first-order valence-electron chi connectivity index (χ1n) is 5.90. The summed E-state index contributed by atoms with van der Waals surface area (Å²) in [5, 5.41) is 20.0. The fourth-order valence-electron chi connectivity index (χ4n) is 1.59. The second kappa shape index (κ2) is 7.71. The van der Waals surface area contributed by atoms with Crippen LogP contribution in [0.2, 0.25) is 0 Å². The molecule has 0 fully saturated rings. The van der Waals surface area contributed by atoms with Crippen molar-refractivity contribution in [2.24, 2.45) is 0 Å². The van der Waals surface area contributed by atoms with Crippen molar-refractivity contribution in [2.75, 3.05) is 25.0 Å². The highest BCUT2D eigenvalue weighted by atomic mass is 16.4. The highest BCUT2D eigenvalue weighted by Gasteiger charge is 2.12. The molecule has 0 aromatic heterocycles. The highest BCUT2D eigenvalue weighted by molar-refractivity contribution is 5.92. The van der Waals surface area contributed by atoms with Crippen LogP contribution in [0, 0.1) is 11.3 Å². The number of hydrogen-bond acceptors (Lipinski definition) is 4. The molecule has 1 amide bonds. The zero-order chi connectivity index (χ0) is 15.0. The van der Waals surface area contributed by atoms with E-state index >= 15 is 0 Å². The van der Waals surface area contributed by atoms with Gasteiger partial charge in [0.2, 0.25) is 5.91 Å². The van der Waals surface area contributed by atoms with Crippen LogP contribution in [0.15, 0.2) is 36.9 Å². The number of hydrogen-bond donors (Lipinski definition) is 2. The molecule has 0 bridgehead atoms. The number of anilines is 1. The fourth-order valence-corrected chi connectivity index (χ4v) is 1.59. The molecule has 1 aromatic carbocycles. The smallest absolute Gasteiger partial charge is 0.317 e. The summed E-state index contributed by atoms with van der Waals surface area (Å²) in [4.78, 5) is 23.9. The Morgan fingerprint density at radius 1 is 1.35 bits per heavy atom. The highest BCUT2D eigenvalue weighted by Crippen LogP contribution is 2.08. The van der Waals surface area contributed by atoms with Crippen molar-refractivity contribution in [3.63, 3.8) is 0 Å². The van der Waals surface area contributed by atoms with Crippen LogP contribution in [0.3, 0.4) is 0 Å². The molecule has 2 N–H and O–H groups in total. The number of amides is 1. The predicted molar refractivity (Wildman–Crippen MR) is 74.1 cm³/mol. The van der Waals surface area contributed by atoms with Gasteiger partial charge in [-0.05, 0) is 24.3 Å². The third-order valence-corrected chi connectivity index (χ3v) is 2.41. The molecule has 0 aliphatic carbocycles. The van der Waals surface area contributed by atoms with E-state index in [0.717, 1.165) is 0 Å². The summed E-state index contributed by atoms with van der Waals surface area (Å²) in [6.07, 6.45) is 1.54. The minimum Gasteiger partial charge on any atom is -0.480 e. The summed E-state index contributed by atoms with van der Waals surface area (Å²) >= 11 is 0. The largest absolute Gasteiger partial charge is 0.480 e. The van der Waals surface area contributed by atoms with E-state index in [2.05, 4.69) is 11.9 Å². The fraction of sp³-hybridized carbons (Fsp3) is 0.214. The zero-order valence-electron chi connectivity index (χ0n) is 10.9. The number of carbonyl (C=O) groups is 2. The van der Waals surface area contributed by atoms with E-state index in [4.69, 9.17) is 10.4 Å². The molecular formula is C14H15N3O3. The van der Waals surface area contributed by atoms with Gasteiger partial charge in [0.15, 0.2) is 0 Å². The van der Waals surface area contributed by atoms with Gasteiger partial charge in [0, 0.05) is 12.2 Å². The lowest BCUT2D eigenvalue weighted by molar-refractivity contribution is -0.138. The molecule has 1 rings (SSSR count). The van der Waals surface area contributed by atoms with Gasteiger partial charge < -0.3 is 10.4 Å². The molecule has 0 saturated carbocycles. The van der Waals surface area contributed by atoms with Gasteiger partial charge in [-0.25, -0.2) is 0 Å². The Morgan fingerprint density at radius 3 is 2.50 bits per heavy atom. The van der Waals surface area contributed by atoms with Crippen molar-refractivity contribution < 1.29 is 14.7 Å². The topological polar surface area (TPSA) is 93.4 Å². The normalized spacial score (nSPS) is 9.80. The molecule has 0 spiro atoms. The molecule has 0 aliphatic rings. The van der Waals surface area contributed by atoms with Gasteiger partial charge in [0.05, 0.1) is 24.7 Å². The maximum absolute atomic E-state index is 11.8. The predicted octanol–water partition coefficient (Wildman–Crippen LogP) is 1.07. The molecule has 104 valence electrons. The lowest BCUT2D eigenvalue weighted by Crippen LogP contribution is -2.37. The summed E-state index contributed by atoms with van der Waals surface area (Å²) in [5.74, 6) is -1.32. The van der Waals surface area contributed by atoms with Crippen molar-refractivity contribution >= 4 is 17.6 Å². The first kappa shape index (κ1) is 15.4. The van der Waals surface area contributed by atoms with E-state index < -0.39 is 5.97 Å². The van der Waals surface area contributed by atoms with E-state index in [1.165, 1.54) is 11.0 Å². The van der Waals surface area contributed by atoms with Gasteiger partial charge in [0.25, 0.3) is 0 Å². The zero-order valence-corrected chi connectivity index (χ0v) is 10.9. The molecule has 1 aromatic rings. The maximum atomic E-state index is 11.8. The van der Waals surface area contributed by atoms with Gasteiger partial charge in [-0.1, -0.05) is 6.08 Å². The van der Waals surface area contributed by atoms with Gasteiger partial charge >= 0.3 is 5.97 Å². The average Bonchev–Trinajstić information content (AvgIpc) is 2.39. The molecule has 0 saturated heterocycles. The van der Waals surface area contributed by atoms with Crippen LogP contribution in [0.1, 0.15) is 5.56 Å². The van der Waals surface area contributed by atoms with Gasteiger partial charge in [-0.2, -0.15) is 5.26 Å². The Hall–Kier alpha value is -2.65. The third-order valence-electron chi connectivity index (χ3n) is 2.41. The number of carbonyl (C=O) groups excluding carboxylic acids is 1. The first-order chi connectivity index (χ1) is 9.55. The van der Waals surface area contributed by atoms with Crippen molar-refractivity contribution in [1.82, 2.24) is 4.90 Å². The van der Waals surface area contributed by atoms with Crippen molar-refractivity contribution in [3.05, 3.63) is 42.5 Å². The molecule has 0 radical (unpaired) electrons. The van der Waals surface area contributed by atoms with Crippen LogP contribution in [0.25, 0.3) is 0 Å². The minimum absolute atomic E-state index is 0.0433. The molecular weight excluding hydrogens is 258 g/mol. The van der Waals surface area contributed by atoms with Crippen LogP contribution in [-0.2, 0) is 9.59 Å². The van der Waals surface area contributed by atoms with E-state index in [1.54, 1.807) is 24.3 Å². The standard InChI is InChI=1S/C14H15N3O3/c1-2-7-17(10-14(19)20)9-13(18)16-12-5-3-11(8-15)4-6-12/h2-6H,1,7,9-10H2,(H,16,18)(H,19,20). The molecule has 0 unspecified atom stereocenters. The number of nitriles is 1. The number of rotatable bonds is 7. The molecule has 0 atom stereocenters. The lowest BCUT2D eigenvalue weighted by Gasteiger charge is -2.17. The number of aliphatic carboxylic acids is 1. The number of carboxylic acids is 1. The van der Waals surface area contributed by atoms with Crippen molar-refractivity contribution in [3.8, 4) is 6.07 Å². The van der Waals surface area contributed by atoms with Gasteiger partial charge in [-0.15, -0.1) is 6.58 Å². The Bertz CT molecular complexity index is 532. The number of nitrogens with one attached hydrogen (secondary N) is 1. The summed E-state index contributed by atoms with van der Waals surface area (Å²) in [5.41, 5.74) is 1.06. The Morgan fingerprint density at radius 2 is 2.00 bits per heavy atom. The Kier molecular flexibility index (Phi) is 5.94. The van der Waals surface area contributed by atoms with Crippen LogP contribution >= 0.6 is 0 Å². The SMILES string of the molecule is C=CCN(CC(=O)O)CC(=O)Nc1ccc(C#N)cc1. The molecule has 6 heteroatoms. The molecule has 20 heavy (non-hydrogen) atoms. The number of nitrogens with zero attached hydrogens (tertiary/aromatic N) is 2. The molecule has 0 heterocycles. The Labute approximate surface area is 116 Å². The van der Waals surface area contributed by atoms with E-state index in [1.807, 2.05) is 6.07 Å². The number of carboxylic acid groups (broad SMARTS) is 1.